The summed E-state index contributed by atoms with van der Waals surface area (Å²) in [5.41, 5.74) is 3.83. The normalized spacial score (nSPS) is 23.1. The number of anilines is 1. The van der Waals surface area contributed by atoms with Gasteiger partial charge in [0.2, 0.25) is 10.0 Å². The molecule has 2 unspecified atom stereocenters. The lowest BCUT2D eigenvalue weighted by atomic mass is 9.74. The summed E-state index contributed by atoms with van der Waals surface area (Å²) in [5, 5.41) is 15.5. The Morgan fingerprint density at radius 1 is 1.35 bits per heavy atom. The van der Waals surface area contributed by atoms with Crippen molar-refractivity contribution < 1.29 is 13.3 Å². The Bertz CT molecular complexity index is 875. The number of hydrogen-bond acceptors (Lipinski definition) is 6. The van der Waals surface area contributed by atoms with Crippen LogP contribution in [-0.2, 0) is 10.0 Å². The first kappa shape index (κ1) is 18.5. The van der Waals surface area contributed by atoms with Crippen molar-refractivity contribution >= 4 is 27.1 Å². The van der Waals surface area contributed by atoms with Gasteiger partial charge in [0.05, 0.1) is 10.6 Å². The molecule has 2 aliphatic carbocycles. The fraction of sp³-hybridized carbons (Fsp3) is 0.471. The van der Waals surface area contributed by atoms with Crippen LogP contribution in [0.4, 0.5) is 11.4 Å². The standard InChI is InChI=1S/C17H22N4O4S/c1-3-20(4-2)26(24,25)17-11-13(21(22)23)8-9-15(17)18-19-16-10-12-6-5-7-14(12)16/h5-6,8-9,11-12,14,18H,3-4,7,10H2,1-2H3. The molecule has 140 valence electrons. The maximum absolute atomic E-state index is 12.9. The van der Waals surface area contributed by atoms with E-state index in [0.717, 1.165) is 24.6 Å². The summed E-state index contributed by atoms with van der Waals surface area (Å²) in [7, 11) is -3.86. The summed E-state index contributed by atoms with van der Waals surface area (Å²) in [6.07, 6.45) is 6.14. The van der Waals surface area contributed by atoms with Gasteiger partial charge in [-0.3, -0.25) is 15.5 Å². The second kappa shape index (κ2) is 7.16. The number of nitro groups is 1. The lowest BCUT2D eigenvalue weighted by molar-refractivity contribution is -0.385. The zero-order chi connectivity index (χ0) is 18.9. The van der Waals surface area contributed by atoms with Crippen molar-refractivity contribution in [1.29, 1.82) is 0 Å². The monoisotopic (exact) mass is 378 g/mol. The smallest absolute Gasteiger partial charge is 0.270 e. The van der Waals surface area contributed by atoms with Crippen molar-refractivity contribution in [2.75, 3.05) is 18.5 Å². The summed E-state index contributed by atoms with van der Waals surface area (Å²) in [5.74, 6) is 0.926. The van der Waals surface area contributed by atoms with E-state index >= 15 is 0 Å². The highest BCUT2D eigenvalue weighted by Gasteiger charge is 2.38. The van der Waals surface area contributed by atoms with Gasteiger partial charge in [-0.1, -0.05) is 26.0 Å². The molecule has 2 atom stereocenters. The summed E-state index contributed by atoms with van der Waals surface area (Å²) in [6.45, 7) is 4.02. The molecule has 0 radical (unpaired) electrons. The molecule has 9 heteroatoms. The molecule has 1 aromatic rings. The molecule has 2 aliphatic rings. The van der Waals surface area contributed by atoms with Gasteiger partial charge in [-0.25, -0.2) is 8.42 Å². The third kappa shape index (κ3) is 3.24. The molecule has 1 N–H and O–H groups in total. The lowest BCUT2D eigenvalue weighted by Crippen LogP contribution is -2.34. The van der Waals surface area contributed by atoms with Crippen LogP contribution in [0.25, 0.3) is 0 Å². The number of nitro benzene ring substituents is 1. The third-order valence-corrected chi connectivity index (χ3v) is 7.07. The zero-order valence-corrected chi connectivity index (χ0v) is 15.6. The Kier molecular flexibility index (Phi) is 5.10. The largest absolute Gasteiger partial charge is 0.277 e. The summed E-state index contributed by atoms with van der Waals surface area (Å²) in [4.78, 5) is 10.4. The van der Waals surface area contributed by atoms with Crippen LogP contribution in [-0.4, -0.2) is 36.4 Å². The number of benzene rings is 1. The predicted molar refractivity (Wildman–Crippen MR) is 99.6 cm³/mol. The number of nitrogens with zero attached hydrogens (tertiary/aromatic N) is 3. The molecule has 0 aliphatic heterocycles. The fourth-order valence-corrected chi connectivity index (χ4v) is 5.05. The van der Waals surface area contributed by atoms with Crippen LogP contribution in [0.15, 0.2) is 40.3 Å². The molecule has 0 heterocycles. The summed E-state index contributed by atoms with van der Waals surface area (Å²) in [6, 6.07) is 3.78. The second-order valence-corrected chi connectivity index (χ2v) is 8.29. The van der Waals surface area contributed by atoms with Crippen molar-refractivity contribution in [1.82, 2.24) is 4.31 Å². The number of sulfonamides is 1. The number of fused-ring (bicyclic) bond motifs is 1. The molecule has 3 rings (SSSR count). The van der Waals surface area contributed by atoms with E-state index in [4.69, 9.17) is 0 Å². The van der Waals surface area contributed by atoms with Gasteiger partial charge < -0.3 is 0 Å². The van der Waals surface area contributed by atoms with E-state index in [9.17, 15) is 18.5 Å². The minimum atomic E-state index is -3.86. The van der Waals surface area contributed by atoms with Crippen LogP contribution in [0.1, 0.15) is 26.7 Å². The topological polar surface area (TPSA) is 105 Å². The van der Waals surface area contributed by atoms with Crippen LogP contribution in [0.5, 0.6) is 0 Å². The van der Waals surface area contributed by atoms with Gasteiger partial charge in [0.25, 0.3) is 5.69 Å². The molecule has 26 heavy (non-hydrogen) atoms. The van der Waals surface area contributed by atoms with Crippen molar-refractivity contribution in [3.63, 3.8) is 0 Å². The van der Waals surface area contributed by atoms with Crippen molar-refractivity contribution in [2.45, 2.75) is 31.6 Å². The molecule has 0 spiro atoms. The first-order chi connectivity index (χ1) is 12.4. The number of non-ortho nitro benzene ring substituents is 1. The Morgan fingerprint density at radius 2 is 2.08 bits per heavy atom. The van der Waals surface area contributed by atoms with Gasteiger partial charge >= 0.3 is 0 Å². The minimum absolute atomic E-state index is 0.125. The van der Waals surface area contributed by atoms with E-state index in [1.165, 1.54) is 16.4 Å². The number of hydrogen-bond donors (Lipinski definition) is 1. The Balaban J connectivity index is 1.94. The van der Waals surface area contributed by atoms with E-state index in [-0.39, 0.29) is 29.4 Å². The van der Waals surface area contributed by atoms with Gasteiger partial charge in [0.1, 0.15) is 4.90 Å². The lowest BCUT2D eigenvalue weighted by Gasteiger charge is -2.32. The van der Waals surface area contributed by atoms with Crippen LogP contribution in [0.2, 0.25) is 0 Å². The molecule has 0 saturated heterocycles. The number of hydrazone groups is 1. The van der Waals surface area contributed by atoms with Crippen LogP contribution in [0.3, 0.4) is 0 Å². The quantitative estimate of drug-likeness (QED) is 0.446. The van der Waals surface area contributed by atoms with E-state index in [1.807, 2.05) is 0 Å². The summed E-state index contributed by atoms with van der Waals surface area (Å²) < 4.78 is 27.1. The van der Waals surface area contributed by atoms with Crippen LogP contribution >= 0.6 is 0 Å². The molecular formula is C17H22N4O4S. The maximum Gasteiger partial charge on any atom is 0.270 e. The average Bonchev–Trinajstić information content (AvgIpc) is 2.96. The second-order valence-electron chi connectivity index (χ2n) is 6.38. The highest BCUT2D eigenvalue weighted by molar-refractivity contribution is 7.89. The van der Waals surface area contributed by atoms with Crippen molar-refractivity contribution in [3.8, 4) is 0 Å². The van der Waals surface area contributed by atoms with Gasteiger partial charge in [0, 0.05) is 36.9 Å². The Labute approximate surface area is 152 Å². The average molecular weight is 378 g/mol. The van der Waals surface area contributed by atoms with Crippen molar-refractivity contribution in [3.05, 3.63) is 40.5 Å². The number of rotatable bonds is 7. The number of nitrogens with one attached hydrogen (secondary N) is 1. The Hall–Kier alpha value is -2.26. The van der Waals surface area contributed by atoms with E-state index in [1.54, 1.807) is 13.8 Å². The maximum atomic E-state index is 12.9. The minimum Gasteiger partial charge on any atom is -0.277 e. The first-order valence-electron chi connectivity index (χ1n) is 8.66. The molecule has 1 fully saturated rings. The van der Waals surface area contributed by atoms with E-state index in [2.05, 4.69) is 22.7 Å². The summed E-state index contributed by atoms with van der Waals surface area (Å²) >= 11 is 0. The fourth-order valence-electron chi connectivity index (χ4n) is 3.43. The van der Waals surface area contributed by atoms with E-state index < -0.39 is 14.9 Å². The van der Waals surface area contributed by atoms with Crippen molar-refractivity contribution in [2.24, 2.45) is 16.9 Å². The number of allylic oxidation sites excluding steroid dienone is 2. The van der Waals surface area contributed by atoms with Crippen LogP contribution in [0, 0.1) is 22.0 Å². The molecule has 0 bridgehead atoms. The SMILES string of the molecule is CCN(CC)S(=O)(=O)c1cc([N+](=O)[O-])ccc1NN=C1CC2C=CCC12. The molecule has 1 saturated carbocycles. The molecule has 0 aromatic heterocycles. The molecule has 1 aromatic carbocycles. The van der Waals surface area contributed by atoms with Crippen LogP contribution < -0.4 is 5.43 Å². The molecular weight excluding hydrogens is 356 g/mol. The van der Waals surface area contributed by atoms with Gasteiger partial charge in [-0.15, -0.1) is 0 Å². The highest BCUT2D eigenvalue weighted by Crippen LogP contribution is 2.40. The molecule has 8 nitrogen and oxygen atoms in total. The van der Waals surface area contributed by atoms with E-state index in [0.29, 0.717) is 11.8 Å². The van der Waals surface area contributed by atoms with Gasteiger partial charge in [0.15, 0.2) is 0 Å². The highest BCUT2D eigenvalue weighted by atomic mass is 32.2. The van der Waals surface area contributed by atoms with Gasteiger partial charge in [-0.05, 0) is 24.8 Å². The zero-order valence-electron chi connectivity index (χ0n) is 14.8. The third-order valence-electron chi connectivity index (χ3n) is 4.98. The molecule has 0 amide bonds. The Morgan fingerprint density at radius 3 is 2.69 bits per heavy atom. The predicted octanol–water partition coefficient (Wildman–Crippen LogP) is 2.99. The van der Waals surface area contributed by atoms with Gasteiger partial charge in [-0.2, -0.15) is 9.41 Å². The first-order valence-corrected chi connectivity index (χ1v) is 10.1.